The molecule has 2 heterocycles. The molecule has 0 aliphatic rings. The SMILES string of the molecule is Nc1c(-c2ccccn2)nsc1C(=O)NCc1ccc(Br)cc1. The number of nitrogens with one attached hydrogen (secondary N) is 1. The minimum absolute atomic E-state index is 0.231. The molecular formula is C16H13BrN4OS. The Bertz CT molecular complexity index is 818. The van der Waals surface area contributed by atoms with Gasteiger partial charge < -0.3 is 11.1 Å². The van der Waals surface area contributed by atoms with Gasteiger partial charge in [-0.3, -0.25) is 9.78 Å². The summed E-state index contributed by atoms with van der Waals surface area (Å²) in [6.45, 7) is 0.433. The van der Waals surface area contributed by atoms with Crippen molar-refractivity contribution < 1.29 is 4.79 Å². The number of anilines is 1. The number of aromatic nitrogens is 2. The number of hydrogen-bond acceptors (Lipinski definition) is 5. The predicted octanol–water partition coefficient (Wildman–Crippen LogP) is 3.48. The lowest BCUT2D eigenvalue weighted by Crippen LogP contribution is -2.22. The van der Waals surface area contributed by atoms with Crippen LogP contribution in [0.1, 0.15) is 15.2 Å². The van der Waals surface area contributed by atoms with E-state index in [1.807, 2.05) is 42.5 Å². The third kappa shape index (κ3) is 3.57. The first-order chi connectivity index (χ1) is 11.1. The van der Waals surface area contributed by atoms with Gasteiger partial charge in [-0.1, -0.05) is 34.1 Å². The molecule has 0 saturated heterocycles. The third-order valence-electron chi connectivity index (χ3n) is 3.21. The van der Waals surface area contributed by atoms with Crippen LogP contribution in [-0.2, 0) is 6.54 Å². The Morgan fingerprint density at radius 2 is 2.00 bits per heavy atom. The van der Waals surface area contributed by atoms with Crippen molar-refractivity contribution in [2.45, 2.75) is 6.54 Å². The number of rotatable bonds is 4. The summed E-state index contributed by atoms with van der Waals surface area (Å²) in [5, 5.41) is 2.86. The molecular weight excluding hydrogens is 376 g/mol. The van der Waals surface area contributed by atoms with E-state index in [4.69, 9.17) is 5.73 Å². The van der Waals surface area contributed by atoms with E-state index in [0.29, 0.717) is 28.5 Å². The summed E-state index contributed by atoms with van der Waals surface area (Å²) in [4.78, 5) is 16.9. The summed E-state index contributed by atoms with van der Waals surface area (Å²) in [6.07, 6.45) is 1.67. The number of carbonyl (C=O) groups excluding carboxylic acids is 1. The van der Waals surface area contributed by atoms with Crippen LogP contribution in [0.5, 0.6) is 0 Å². The highest BCUT2D eigenvalue weighted by molar-refractivity contribution is 9.10. The molecule has 0 fully saturated rings. The van der Waals surface area contributed by atoms with Crippen molar-refractivity contribution in [3.63, 3.8) is 0 Å². The molecule has 0 aliphatic carbocycles. The van der Waals surface area contributed by atoms with Crippen LogP contribution >= 0.6 is 27.5 Å². The van der Waals surface area contributed by atoms with E-state index in [0.717, 1.165) is 21.6 Å². The summed E-state index contributed by atoms with van der Waals surface area (Å²) >= 11 is 4.46. The highest BCUT2D eigenvalue weighted by Gasteiger charge is 2.18. The van der Waals surface area contributed by atoms with Crippen molar-refractivity contribution in [1.29, 1.82) is 0 Å². The van der Waals surface area contributed by atoms with E-state index in [1.165, 1.54) is 0 Å². The fourth-order valence-electron chi connectivity index (χ4n) is 2.01. The largest absolute Gasteiger partial charge is 0.396 e. The van der Waals surface area contributed by atoms with Gasteiger partial charge >= 0.3 is 0 Å². The lowest BCUT2D eigenvalue weighted by atomic mass is 10.2. The molecule has 116 valence electrons. The van der Waals surface area contributed by atoms with Gasteiger partial charge in [0.1, 0.15) is 10.6 Å². The number of amides is 1. The molecule has 7 heteroatoms. The van der Waals surface area contributed by atoms with Gasteiger partial charge in [-0.15, -0.1) is 0 Å². The summed E-state index contributed by atoms with van der Waals surface area (Å²) in [7, 11) is 0. The second-order valence-electron chi connectivity index (χ2n) is 4.80. The molecule has 0 spiro atoms. The van der Waals surface area contributed by atoms with Crippen LogP contribution in [0.25, 0.3) is 11.4 Å². The van der Waals surface area contributed by atoms with Crippen LogP contribution in [0.2, 0.25) is 0 Å². The molecule has 0 radical (unpaired) electrons. The maximum atomic E-state index is 12.3. The second-order valence-corrected chi connectivity index (χ2v) is 6.49. The molecule has 0 unspecified atom stereocenters. The lowest BCUT2D eigenvalue weighted by Gasteiger charge is -2.05. The fourth-order valence-corrected chi connectivity index (χ4v) is 3.00. The number of halogens is 1. The molecule has 1 aromatic carbocycles. The average molecular weight is 389 g/mol. The number of hydrogen-bond donors (Lipinski definition) is 2. The van der Waals surface area contributed by atoms with Gasteiger partial charge in [-0.25, -0.2) is 0 Å². The minimum atomic E-state index is -0.231. The molecule has 2 aromatic heterocycles. The zero-order valence-electron chi connectivity index (χ0n) is 12.0. The summed E-state index contributed by atoms with van der Waals surface area (Å²) in [5.74, 6) is -0.231. The van der Waals surface area contributed by atoms with Crippen LogP contribution in [0.15, 0.2) is 53.1 Å². The topological polar surface area (TPSA) is 80.9 Å². The predicted molar refractivity (Wildman–Crippen MR) is 95.1 cm³/mol. The molecule has 0 bridgehead atoms. The third-order valence-corrected chi connectivity index (χ3v) is 4.60. The highest BCUT2D eigenvalue weighted by atomic mass is 79.9. The number of pyridine rings is 1. The van der Waals surface area contributed by atoms with Crippen LogP contribution in [0, 0.1) is 0 Å². The standard InChI is InChI=1S/C16H13BrN4OS/c17-11-6-4-10(5-7-11)9-20-16(22)15-13(18)14(21-23-15)12-3-1-2-8-19-12/h1-8H,9,18H2,(H,20,22). The van der Waals surface area contributed by atoms with E-state index in [1.54, 1.807) is 6.20 Å². The van der Waals surface area contributed by atoms with Gasteiger partial charge in [0.25, 0.3) is 5.91 Å². The Morgan fingerprint density at radius 1 is 1.22 bits per heavy atom. The minimum Gasteiger partial charge on any atom is -0.396 e. The van der Waals surface area contributed by atoms with Gasteiger partial charge in [0.2, 0.25) is 0 Å². The van der Waals surface area contributed by atoms with Crippen LogP contribution in [0.4, 0.5) is 5.69 Å². The Balaban J connectivity index is 1.73. The Labute approximate surface area is 145 Å². The van der Waals surface area contributed by atoms with Crippen molar-refractivity contribution in [3.8, 4) is 11.4 Å². The molecule has 23 heavy (non-hydrogen) atoms. The van der Waals surface area contributed by atoms with E-state index in [-0.39, 0.29) is 5.91 Å². The first-order valence-corrected chi connectivity index (χ1v) is 8.41. The molecule has 3 rings (SSSR count). The average Bonchev–Trinajstić information content (AvgIpc) is 2.96. The van der Waals surface area contributed by atoms with Gasteiger partial charge in [-0.2, -0.15) is 4.37 Å². The molecule has 0 saturated carbocycles. The first-order valence-electron chi connectivity index (χ1n) is 6.84. The van der Waals surface area contributed by atoms with Crippen molar-refractivity contribution in [1.82, 2.24) is 14.7 Å². The maximum absolute atomic E-state index is 12.3. The number of nitrogens with two attached hydrogens (primary N) is 1. The van der Waals surface area contributed by atoms with Gasteiger partial charge in [0.05, 0.1) is 11.4 Å². The van der Waals surface area contributed by atoms with Crippen molar-refractivity contribution in [3.05, 3.63) is 63.6 Å². The highest BCUT2D eigenvalue weighted by Crippen LogP contribution is 2.29. The molecule has 1 amide bonds. The van der Waals surface area contributed by atoms with E-state index < -0.39 is 0 Å². The normalized spacial score (nSPS) is 10.5. The van der Waals surface area contributed by atoms with Crippen molar-refractivity contribution in [2.24, 2.45) is 0 Å². The molecule has 0 aliphatic heterocycles. The Kier molecular flexibility index (Phi) is 4.68. The smallest absolute Gasteiger partial charge is 0.265 e. The van der Waals surface area contributed by atoms with Crippen LogP contribution in [-0.4, -0.2) is 15.3 Å². The zero-order valence-corrected chi connectivity index (χ0v) is 14.4. The molecule has 0 atom stereocenters. The Morgan fingerprint density at radius 3 is 2.70 bits per heavy atom. The number of benzene rings is 1. The number of nitrogens with zero attached hydrogens (tertiary/aromatic N) is 2. The molecule has 5 nitrogen and oxygen atoms in total. The summed E-state index contributed by atoms with van der Waals surface area (Å²) in [5.41, 5.74) is 8.64. The number of carbonyl (C=O) groups is 1. The fraction of sp³-hybridized carbons (Fsp3) is 0.0625. The quantitative estimate of drug-likeness (QED) is 0.716. The van der Waals surface area contributed by atoms with E-state index >= 15 is 0 Å². The van der Waals surface area contributed by atoms with E-state index in [9.17, 15) is 4.79 Å². The van der Waals surface area contributed by atoms with Crippen molar-refractivity contribution >= 4 is 39.1 Å². The second kappa shape index (κ2) is 6.89. The molecule has 3 aromatic rings. The lowest BCUT2D eigenvalue weighted by molar-refractivity contribution is 0.0956. The number of nitrogen functional groups attached to an aromatic ring is 1. The first kappa shape index (κ1) is 15.6. The van der Waals surface area contributed by atoms with Gasteiger partial charge in [-0.05, 0) is 41.4 Å². The zero-order chi connectivity index (χ0) is 16.2. The van der Waals surface area contributed by atoms with Gasteiger partial charge in [0, 0.05) is 17.2 Å². The van der Waals surface area contributed by atoms with E-state index in [2.05, 4.69) is 30.6 Å². The maximum Gasteiger partial charge on any atom is 0.265 e. The monoisotopic (exact) mass is 388 g/mol. The van der Waals surface area contributed by atoms with Crippen LogP contribution < -0.4 is 11.1 Å². The summed E-state index contributed by atoms with van der Waals surface area (Å²) in [6, 6.07) is 13.2. The van der Waals surface area contributed by atoms with Crippen LogP contribution in [0.3, 0.4) is 0 Å². The van der Waals surface area contributed by atoms with Gasteiger partial charge in [0.15, 0.2) is 0 Å². The molecule has 3 N–H and O–H groups in total. The summed E-state index contributed by atoms with van der Waals surface area (Å²) < 4.78 is 5.26. The van der Waals surface area contributed by atoms with Crippen molar-refractivity contribution in [2.75, 3.05) is 5.73 Å². The Hall–Kier alpha value is -2.25.